The minimum absolute atomic E-state index is 0.0116. The topological polar surface area (TPSA) is 84.2 Å². The van der Waals surface area contributed by atoms with Gasteiger partial charge in [-0.05, 0) is 55.2 Å². The average Bonchev–Trinajstić information content (AvgIpc) is 3.74. The van der Waals surface area contributed by atoms with Gasteiger partial charge in [0.25, 0.3) is 0 Å². The molecule has 0 N–H and O–H groups in total. The van der Waals surface area contributed by atoms with Crippen LogP contribution in [0.25, 0.3) is 28.0 Å². The van der Waals surface area contributed by atoms with Crippen LogP contribution in [0.4, 0.5) is 10.2 Å². The molecule has 2 atom stereocenters. The summed E-state index contributed by atoms with van der Waals surface area (Å²) < 4.78 is 16.4. The summed E-state index contributed by atoms with van der Waals surface area (Å²) in [5.74, 6) is -0.106. The molecular formula is C30H28ClFN6O2. The van der Waals surface area contributed by atoms with E-state index < -0.39 is 11.5 Å². The number of nitrogens with zero attached hydrogens (tertiary/aromatic N) is 6. The summed E-state index contributed by atoms with van der Waals surface area (Å²) in [6.45, 7) is 10.5. The maximum Gasteiger partial charge on any atom is 0.355 e. The first kappa shape index (κ1) is 26.1. The molecule has 1 aliphatic carbocycles. The largest absolute Gasteiger partial charge is 0.355 e. The molecule has 3 aromatic heterocycles. The average molecular weight is 559 g/mol. The predicted octanol–water partition coefficient (Wildman–Crippen LogP) is 5.04. The van der Waals surface area contributed by atoms with Gasteiger partial charge in [0, 0.05) is 24.8 Å². The molecule has 0 spiro atoms. The molecular weight excluding hydrogens is 531 g/mol. The van der Waals surface area contributed by atoms with Crippen LogP contribution in [-0.4, -0.2) is 55.5 Å². The summed E-state index contributed by atoms with van der Waals surface area (Å²) in [5, 5.41) is 0.808. The van der Waals surface area contributed by atoms with Crippen molar-refractivity contribution in [3.63, 3.8) is 0 Å². The number of amides is 1. The third kappa shape index (κ3) is 4.16. The van der Waals surface area contributed by atoms with Gasteiger partial charge in [0.2, 0.25) is 5.91 Å². The number of carbonyl (C=O) groups is 1. The van der Waals surface area contributed by atoms with Gasteiger partial charge < -0.3 is 9.80 Å². The Morgan fingerprint density at radius 2 is 1.95 bits per heavy atom. The van der Waals surface area contributed by atoms with Crippen LogP contribution in [0, 0.1) is 12.7 Å². The predicted molar refractivity (Wildman–Crippen MR) is 154 cm³/mol. The smallest absolute Gasteiger partial charge is 0.349 e. The molecule has 8 nitrogen and oxygen atoms in total. The minimum atomic E-state index is -0.517. The molecule has 2 fully saturated rings. The second-order valence-corrected chi connectivity index (χ2v) is 10.9. The monoisotopic (exact) mass is 558 g/mol. The number of benzene rings is 1. The van der Waals surface area contributed by atoms with E-state index in [1.807, 2.05) is 31.7 Å². The second kappa shape index (κ2) is 9.82. The molecule has 1 saturated heterocycles. The second-order valence-electron chi connectivity index (χ2n) is 10.5. The highest BCUT2D eigenvalue weighted by Gasteiger charge is 2.51. The van der Waals surface area contributed by atoms with Crippen molar-refractivity contribution in [2.24, 2.45) is 0 Å². The van der Waals surface area contributed by atoms with Crippen molar-refractivity contribution in [1.29, 1.82) is 0 Å². The van der Waals surface area contributed by atoms with E-state index in [1.54, 1.807) is 30.5 Å². The number of rotatable bonds is 5. The maximum atomic E-state index is 14.9. The van der Waals surface area contributed by atoms with Crippen molar-refractivity contribution < 1.29 is 9.18 Å². The molecule has 1 saturated carbocycles. The van der Waals surface area contributed by atoms with E-state index in [0.29, 0.717) is 35.6 Å². The van der Waals surface area contributed by atoms with Crippen LogP contribution in [0.5, 0.6) is 0 Å². The fraction of sp³-hybridized carbons (Fsp3) is 0.300. The van der Waals surface area contributed by atoms with Gasteiger partial charge in [0.05, 0.1) is 39.6 Å². The van der Waals surface area contributed by atoms with E-state index in [-0.39, 0.29) is 40.2 Å². The van der Waals surface area contributed by atoms with Crippen molar-refractivity contribution in [3.8, 4) is 16.9 Å². The van der Waals surface area contributed by atoms with Crippen LogP contribution in [0.1, 0.15) is 37.4 Å². The molecule has 204 valence electrons. The fourth-order valence-corrected chi connectivity index (χ4v) is 5.95. The first-order valence-electron chi connectivity index (χ1n) is 13.2. The first-order valence-corrected chi connectivity index (χ1v) is 13.6. The summed E-state index contributed by atoms with van der Waals surface area (Å²) in [6.07, 6.45) is 3.81. The Morgan fingerprint density at radius 1 is 1.18 bits per heavy atom. The number of aryl methyl sites for hydroxylation is 1. The number of hydrogen-bond acceptors (Lipinski definition) is 6. The maximum absolute atomic E-state index is 14.9. The lowest BCUT2D eigenvalue weighted by atomic mass is 10.0. The van der Waals surface area contributed by atoms with Crippen LogP contribution in [-0.2, 0) is 4.79 Å². The van der Waals surface area contributed by atoms with Crippen molar-refractivity contribution in [3.05, 3.63) is 87.8 Å². The van der Waals surface area contributed by atoms with Crippen molar-refractivity contribution in [2.45, 2.75) is 45.2 Å². The van der Waals surface area contributed by atoms with Gasteiger partial charge in [-0.25, -0.2) is 18.7 Å². The van der Waals surface area contributed by atoms with Crippen LogP contribution in [0.3, 0.4) is 0 Å². The van der Waals surface area contributed by atoms with Crippen molar-refractivity contribution in [1.82, 2.24) is 24.4 Å². The van der Waals surface area contributed by atoms with Gasteiger partial charge in [0.1, 0.15) is 11.6 Å². The lowest BCUT2D eigenvalue weighted by Crippen LogP contribution is -2.49. The number of carbonyl (C=O) groups excluding carboxylic acids is 1. The van der Waals surface area contributed by atoms with Crippen molar-refractivity contribution in [2.75, 3.05) is 18.0 Å². The molecule has 1 aromatic carbocycles. The first-order chi connectivity index (χ1) is 19.2. The van der Waals surface area contributed by atoms with E-state index in [4.69, 9.17) is 16.6 Å². The number of fused-ring (bicyclic) bond motifs is 2. The standard InChI is InChI=1S/C30H28ClFN6O2/c1-5-24(39)36-12-13-37(23-15-22(23)36)28-19-14-20(31)26(18-8-6-7-9-21(18)32)34-29(19)38(30(40)35-28)27-17(4)10-11-33-25(27)16(2)3/h5-11,14,16,22-23H,1,12-13,15H2,2-4H3/t22-,23+/m1/s1. The number of piperazine rings is 1. The van der Waals surface area contributed by atoms with Crippen LogP contribution >= 0.6 is 11.6 Å². The van der Waals surface area contributed by atoms with E-state index in [0.717, 1.165) is 17.7 Å². The summed E-state index contributed by atoms with van der Waals surface area (Å²) in [7, 11) is 0. The summed E-state index contributed by atoms with van der Waals surface area (Å²) in [4.78, 5) is 44.2. The van der Waals surface area contributed by atoms with Gasteiger partial charge in [0.15, 0.2) is 5.65 Å². The van der Waals surface area contributed by atoms with Crippen LogP contribution in [0.2, 0.25) is 5.02 Å². The Morgan fingerprint density at radius 3 is 2.67 bits per heavy atom. The molecule has 4 aromatic rings. The molecule has 40 heavy (non-hydrogen) atoms. The molecule has 10 heteroatoms. The number of halogens is 2. The third-order valence-electron chi connectivity index (χ3n) is 7.69. The van der Waals surface area contributed by atoms with Crippen LogP contribution < -0.4 is 10.6 Å². The van der Waals surface area contributed by atoms with Gasteiger partial charge >= 0.3 is 5.69 Å². The highest BCUT2D eigenvalue weighted by atomic mass is 35.5. The summed E-state index contributed by atoms with van der Waals surface area (Å²) in [6, 6.07) is 9.86. The number of aromatic nitrogens is 4. The molecule has 0 radical (unpaired) electrons. The Bertz CT molecular complexity index is 1750. The lowest BCUT2D eigenvalue weighted by molar-refractivity contribution is -0.126. The molecule has 0 bridgehead atoms. The van der Waals surface area contributed by atoms with Gasteiger partial charge in [-0.2, -0.15) is 4.98 Å². The number of hydrogen-bond donors (Lipinski definition) is 0. The minimum Gasteiger partial charge on any atom is -0.349 e. The number of pyridine rings is 2. The highest BCUT2D eigenvalue weighted by molar-refractivity contribution is 6.33. The fourth-order valence-electron chi connectivity index (χ4n) is 5.69. The van der Waals surface area contributed by atoms with Crippen molar-refractivity contribution >= 4 is 34.4 Å². The quantitative estimate of drug-likeness (QED) is 0.319. The summed E-state index contributed by atoms with van der Waals surface area (Å²) in [5.41, 5.74) is 2.43. The van der Waals surface area contributed by atoms with E-state index >= 15 is 0 Å². The lowest BCUT2D eigenvalue weighted by Gasteiger charge is -2.35. The zero-order chi connectivity index (χ0) is 28.3. The molecule has 4 heterocycles. The SMILES string of the molecule is C=CC(=O)N1CCN(c2nc(=O)n(-c3c(C)ccnc3C(C)C)c3nc(-c4ccccc4F)c(Cl)cc23)[C@H]2C[C@H]21. The number of anilines is 1. The Labute approximate surface area is 235 Å². The molecule has 1 aliphatic heterocycles. The summed E-state index contributed by atoms with van der Waals surface area (Å²) >= 11 is 6.76. The molecule has 2 aliphatic rings. The van der Waals surface area contributed by atoms with E-state index in [2.05, 4.69) is 21.4 Å². The normalized spacial score (nSPS) is 18.2. The van der Waals surface area contributed by atoms with Gasteiger partial charge in [-0.1, -0.05) is 44.2 Å². The van der Waals surface area contributed by atoms with Gasteiger partial charge in [-0.15, -0.1) is 0 Å². The molecule has 0 unspecified atom stereocenters. The van der Waals surface area contributed by atoms with E-state index in [1.165, 1.54) is 16.7 Å². The Kier molecular flexibility index (Phi) is 6.41. The molecule has 6 rings (SSSR count). The van der Waals surface area contributed by atoms with Crippen LogP contribution in [0.15, 0.2) is 60.0 Å². The van der Waals surface area contributed by atoms with E-state index in [9.17, 15) is 14.0 Å². The molecule has 1 amide bonds. The third-order valence-corrected chi connectivity index (χ3v) is 7.98. The highest BCUT2D eigenvalue weighted by Crippen LogP contribution is 2.42. The zero-order valence-corrected chi connectivity index (χ0v) is 23.2. The Hall–Kier alpha value is -4.11. The van der Waals surface area contributed by atoms with Gasteiger partial charge in [-0.3, -0.25) is 9.78 Å². The zero-order valence-electron chi connectivity index (χ0n) is 22.4. The Balaban J connectivity index is 1.62.